The first-order valence-corrected chi connectivity index (χ1v) is 8.54. The predicted octanol–water partition coefficient (Wildman–Crippen LogP) is 3.21. The number of aromatic amines is 1. The summed E-state index contributed by atoms with van der Waals surface area (Å²) in [5.41, 5.74) is 0.739. The van der Waals surface area contributed by atoms with Crippen LogP contribution in [0.15, 0.2) is 63.9 Å². The lowest BCUT2D eigenvalue weighted by Gasteiger charge is -2.09. The molecule has 0 saturated carbocycles. The van der Waals surface area contributed by atoms with Crippen molar-refractivity contribution in [3.05, 3.63) is 82.2 Å². The maximum Gasteiger partial charge on any atom is 0.261 e. The molecule has 1 atom stereocenters. The third kappa shape index (κ3) is 3.39. The van der Waals surface area contributed by atoms with Crippen LogP contribution in [0, 0.1) is 5.82 Å². The van der Waals surface area contributed by atoms with Crippen LogP contribution < -0.4 is 10.9 Å². The van der Waals surface area contributed by atoms with E-state index in [-0.39, 0.29) is 23.1 Å². The highest BCUT2D eigenvalue weighted by Gasteiger charge is 2.20. The SMILES string of the molecule is CC(NC(=O)c1cc2ccccc2[nH]c1=O)c1nc(-c2ccc(F)cc2)no1. The number of nitrogens with one attached hydrogen (secondary N) is 2. The largest absolute Gasteiger partial charge is 0.340 e. The molecule has 2 aromatic heterocycles. The summed E-state index contributed by atoms with van der Waals surface area (Å²) < 4.78 is 18.2. The first-order chi connectivity index (χ1) is 13.5. The molecule has 2 heterocycles. The standard InChI is InChI=1S/C20H15FN4O3/c1-11(20-24-17(25-28-20)12-6-8-14(21)9-7-12)22-18(26)15-10-13-4-2-3-5-16(13)23-19(15)27/h2-11H,1H3,(H,22,26)(H,23,27). The van der Waals surface area contributed by atoms with E-state index in [1.165, 1.54) is 30.3 Å². The number of halogens is 1. The highest BCUT2D eigenvalue weighted by atomic mass is 19.1. The van der Waals surface area contributed by atoms with E-state index in [9.17, 15) is 14.0 Å². The van der Waals surface area contributed by atoms with Gasteiger partial charge in [0, 0.05) is 11.1 Å². The molecule has 4 aromatic rings. The zero-order chi connectivity index (χ0) is 19.7. The van der Waals surface area contributed by atoms with Crippen molar-refractivity contribution < 1.29 is 13.7 Å². The molecule has 4 rings (SSSR count). The lowest BCUT2D eigenvalue weighted by molar-refractivity contribution is 0.0931. The van der Waals surface area contributed by atoms with Gasteiger partial charge in [-0.05, 0) is 48.7 Å². The first-order valence-electron chi connectivity index (χ1n) is 8.54. The topological polar surface area (TPSA) is 101 Å². The van der Waals surface area contributed by atoms with E-state index in [0.717, 1.165) is 5.39 Å². The van der Waals surface area contributed by atoms with E-state index in [4.69, 9.17) is 4.52 Å². The molecule has 0 aliphatic heterocycles. The molecular weight excluding hydrogens is 363 g/mol. The van der Waals surface area contributed by atoms with E-state index in [0.29, 0.717) is 11.1 Å². The fraction of sp³-hybridized carbons (Fsp3) is 0.100. The Kier molecular flexibility index (Phi) is 4.44. The van der Waals surface area contributed by atoms with Crippen molar-refractivity contribution in [3.8, 4) is 11.4 Å². The van der Waals surface area contributed by atoms with Gasteiger partial charge in [0.05, 0.1) is 0 Å². The smallest absolute Gasteiger partial charge is 0.261 e. The van der Waals surface area contributed by atoms with Gasteiger partial charge in [-0.25, -0.2) is 4.39 Å². The Bertz CT molecular complexity index is 1210. The molecule has 0 bridgehead atoms. The van der Waals surface area contributed by atoms with Gasteiger partial charge in [-0.15, -0.1) is 0 Å². The second-order valence-corrected chi connectivity index (χ2v) is 6.26. The Morgan fingerprint density at radius 3 is 2.71 bits per heavy atom. The number of aromatic nitrogens is 3. The summed E-state index contributed by atoms with van der Waals surface area (Å²) in [5, 5.41) is 7.27. The van der Waals surface area contributed by atoms with Crippen molar-refractivity contribution >= 4 is 16.8 Å². The lowest BCUT2D eigenvalue weighted by Crippen LogP contribution is -2.31. The Hall–Kier alpha value is -3.81. The molecule has 1 unspecified atom stereocenters. The molecule has 28 heavy (non-hydrogen) atoms. The van der Waals surface area contributed by atoms with Crippen molar-refractivity contribution in [2.24, 2.45) is 0 Å². The average molecular weight is 378 g/mol. The summed E-state index contributed by atoms with van der Waals surface area (Å²) in [4.78, 5) is 31.7. The summed E-state index contributed by atoms with van der Waals surface area (Å²) in [5.74, 6) is -0.473. The Morgan fingerprint density at radius 2 is 1.93 bits per heavy atom. The number of para-hydroxylation sites is 1. The van der Waals surface area contributed by atoms with Gasteiger partial charge in [0.25, 0.3) is 11.5 Å². The van der Waals surface area contributed by atoms with Gasteiger partial charge >= 0.3 is 0 Å². The Balaban J connectivity index is 1.54. The van der Waals surface area contributed by atoms with Crippen LogP contribution in [0.1, 0.15) is 29.2 Å². The number of nitrogens with zero attached hydrogens (tertiary/aromatic N) is 2. The maximum absolute atomic E-state index is 13.0. The molecule has 2 aromatic carbocycles. The molecule has 0 fully saturated rings. The van der Waals surface area contributed by atoms with E-state index in [1.54, 1.807) is 25.1 Å². The zero-order valence-corrected chi connectivity index (χ0v) is 14.8. The number of H-pyrrole nitrogens is 1. The number of hydrogen-bond donors (Lipinski definition) is 2. The van der Waals surface area contributed by atoms with Crippen molar-refractivity contribution in [2.75, 3.05) is 0 Å². The van der Waals surface area contributed by atoms with E-state index in [1.807, 2.05) is 6.07 Å². The lowest BCUT2D eigenvalue weighted by atomic mass is 10.1. The van der Waals surface area contributed by atoms with Gasteiger partial charge in [-0.1, -0.05) is 23.4 Å². The number of hydrogen-bond acceptors (Lipinski definition) is 5. The molecule has 0 radical (unpaired) electrons. The summed E-state index contributed by atoms with van der Waals surface area (Å²) >= 11 is 0. The third-order valence-electron chi connectivity index (χ3n) is 4.26. The van der Waals surface area contributed by atoms with Crippen LogP contribution in [0.4, 0.5) is 4.39 Å². The number of rotatable bonds is 4. The van der Waals surface area contributed by atoms with Crippen molar-refractivity contribution in [3.63, 3.8) is 0 Å². The molecule has 140 valence electrons. The van der Waals surface area contributed by atoms with Crippen molar-refractivity contribution in [1.82, 2.24) is 20.4 Å². The van der Waals surface area contributed by atoms with Crippen molar-refractivity contribution in [2.45, 2.75) is 13.0 Å². The minimum atomic E-state index is -0.625. The summed E-state index contributed by atoms with van der Waals surface area (Å²) in [6.07, 6.45) is 0. The van der Waals surface area contributed by atoms with E-state index < -0.39 is 17.5 Å². The molecule has 8 heteroatoms. The Morgan fingerprint density at radius 1 is 1.18 bits per heavy atom. The van der Waals surface area contributed by atoms with Crippen LogP contribution in [0.25, 0.3) is 22.3 Å². The minimum absolute atomic E-state index is 0.0103. The number of benzene rings is 2. The number of carbonyl (C=O) groups excluding carboxylic acids is 1. The molecule has 0 spiro atoms. The number of fused-ring (bicyclic) bond motifs is 1. The molecule has 0 saturated heterocycles. The molecule has 1 amide bonds. The summed E-state index contributed by atoms with van der Waals surface area (Å²) in [6.45, 7) is 1.66. The normalized spacial score (nSPS) is 12.1. The number of amides is 1. The molecule has 2 N–H and O–H groups in total. The van der Waals surface area contributed by atoms with Gasteiger partial charge < -0.3 is 14.8 Å². The van der Waals surface area contributed by atoms with Crippen molar-refractivity contribution in [1.29, 1.82) is 0 Å². The van der Waals surface area contributed by atoms with Gasteiger partial charge in [0.2, 0.25) is 11.7 Å². The zero-order valence-electron chi connectivity index (χ0n) is 14.8. The quantitative estimate of drug-likeness (QED) is 0.568. The highest BCUT2D eigenvalue weighted by molar-refractivity contribution is 5.97. The fourth-order valence-electron chi connectivity index (χ4n) is 2.78. The molecule has 0 aliphatic rings. The Labute approximate surface area is 158 Å². The van der Waals surface area contributed by atoms with Gasteiger partial charge in [0.1, 0.15) is 17.4 Å². The third-order valence-corrected chi connectivity index (χ3v) is 4.26. The van der Waals surface area contributed by atoms with Gasteiger partial charge in [-0.3, -0.25) is 9.59 Å². The van der Waals surface area contributed by atoms with Crippen LogP contribution in [0.2, 0.25) is 0 Å². The summed E-state index contributed by atoms with van der Waals surface area (Å²) in [6, 6.07) is 13.7. The second-order valence-electron chi connectivity index (χ2n) is 6.26. The molecule has 0 aliphatic carbocycles. The van der Waals surface area contributed by atoms with Crippen LogP contribution >= 0.6 is 0 Å². The number of carbonyl (C=O) groups is 1. The molecule has 7 nitrogen and oxygen atoms in total. The van der Waals surface area contributed by atoms with Crippen LogP contribution in [-0.4, -0.2) is 21.0 Å². The van der Waals surface area contributed by atoms with E-state index in [2.05, 4.69) is 20.4 Å². The predicted molar refractivity (Wildman–Crippen MR) is 100 cm³/mol. The van der Waals surface area contributed by atoms with Gasteiger partial charge in [-0.2, -0.15) is 4.98 Å². The summed E-state index contributed by atoms with van der Waals surface area (Å²) in [7, 11) is 0. The highest BCUT2D eigenvalue weighted by Crippen LogP contribution is 2.19. The van der Waals surface area contributed by atoms with Gasteiger partial charge in [0.15, 0.2) is 0 Å². The van der Waals surface area contributed by atoms with Crippen LogP contribution in [-0.2, 0) is 0 Å². The maximum atomic E-state index is 13.0. The van der Waals surface area contributed by atoms with Crippen LogP contribution in [0.5, 0.6) is 0 Å². The average Bonchev–Trinajstić information content (AvgIpc) is 3.18. The minimum Gasteiger partial charge on any atom is -0.340 e. The fourth-order valence-corrected chi connectivity index (χ4v) is 2.78. The monoisotopic (exact) mass is 378 g/mol. The second kappa shape index (κ2) is 7.07. The van der Waals surface area contributed by atoms with E-state index >= 15 is 0 Å². The molecular formula is C20H15FN4O3. The number of pyridine rings is 1. The first kappa shape index (κ1) is 17.6. The van der Waals surface area contributed by atoms with Crippen LogP contribution in [0.3, 0.4) is 0 Å².